The summed E-state index contributed by atoms with van der Waals surface area (Å²) in [6, 6.07) is 7.23. The van der Waals surface area contributed by atoms with Crippen LogP contribution in [0.15, 0.2) is 41.3 Å². The molecule has 0 saturated heterocycles. The summed E-state index contributed by atoms with van der Waals surface area (Å²) in [7, 11) is -15.0. The van der Waals surface area contributed by atoms with Gasteiger partial charge in [-0.05, 0) is 27.4 Å². The number of hydrogen-bond donors (Lipinski definition) is 4. The van der Waals surface area contributed by atoms with Crippen LogP contribution in [0, 0.1) is 0 Å². The molecule has 1 aliphatic carbocycles. The molecule has 154 valence electrons. The monoisotopic (exact) mass is 460 g/mol. The smallest absolute Gasteiger partial charge is 0.299 e. The third kappa shape index (κ3) is 2.78. The standard InChI is InChI=1S/C16H12O10S3/c17-16(29(24,25)26)7-13(28(21,22)23)10-4-3-9-12(27(18,19)20)6-2-8-1-5-11(16)15(10)14(8)9/h1-6,17H,7H2,(H,18,19,20)(H,21,22,23)(H,24,25,26). The Labute approximate surface area is 164 Å². The van der Waals surface area contributed by atoms with Crippen molar-refractivity contribution in [2.24, 2.45) is 0 Å². The largest absolute Gasteiger partial charge is 0.369 e. The number of hydrogen-bond acceptors (Lipinski definition) is 7. The molecule has 1 atom stereocenters. The molecule has 0 bridgehead atoms. The lowest BCUT2D eigenvalue weighted by Gasteiger charge is -2.31. The average molecular weight is 460 g/mol. The van der Waals surface area contributed by atoms with Crippen LogP contribution in [0.4, 0.5) is 0 Å². The van der Waals surface area contributed by atoms with Crippen molar-refractivity contribution >= 4 is 56.8 Å². The minimum Gasteiger partial charge on any atom is -0.369 e. The molecule has 0 aliphatic heterocycles. The van der Waals surface area contributed by atoms with E-state index in [4.69, 9.17) is 0 Å². The molecule has 29 heavy (non-hydrogen) atoms. The summed E-state index contributed by atoms with van der Waals surface area (Å²) in [4.78, 5) is -4.50. The molecule has 4 rings (SSSR count). The number of aliphatic hydroxyl groups is 1. The van der Waals surface area contributed by atoms with Gasteiger partial charge >= 0.3 is 0 Å². The Morgan fingerprint density at radius 3 is 1.93 bits per heavy atom. The minimum absolute atomic E-state index is 0.0260. The van der Waals surface area contributed by atoms with Gasteiger partial charge in [0.2, 0.25) is 4.93 Å². The van der Waals surface area contributed by atoms with Gasteiger partial charge in [0.1, 0.15) is 4.90 Å². The van der Waals surface area contributed by atoms with E-state index >= 15 is 0 Å². The fraction of sp³-hybridized carbons (Fsp3) is 0.125. The first-order chi connectivity index (χ1) is 13.2. The van der Waals surface area contributed by atoms with Crippen molar-refractivity contribution in [2.75, 3.05) is 0 Å². The van der Waals surface area contributed by atoms with Crippen LogP contribution in [0.5, 0.6) is 0 Å². The first-order valence-electron chi connectivity index (χ1n) is 7.82. The van der Waals surface area contributed by atoms with E-state index in [9.17, 15) is 44.0 Å². The molecule has 0 aromatic heterocycles. The van der Waals surface area contributed by atoms with E-state index in [1.807, 2.05) is 0 Å². The highest BCUT2D eigenvalue weighted by atomic mass is 32.2. The van der Waals surface area contributed by atoms with Crippen molar-refractivity contribution < 1.29 is 44.0 Å². The third-order valence-corrected chi connectivity index (χ3v) is 8.13. The molecule has 13 heteroatoms. The molecule has 0 saturated carbocycles. The molecule has 3 aromatic carbocycles. The molecule has 0 spiro atoms. The predicted octanol–water partition coefficient (Wildman–Crippen LogP) is 0.391. The molecule has 1 unspecified atom stereocenters. The van der Waals surface area contributed by atoms with E-state index in [1.165, 1.54) is 18.2 Å². The molecule has 0 radical (unpaired) electrons. The Bertz CT molecular complexity index is 1600. The van der Waals surface area contributed by atoms with Crippen LogP contribution in [-0.4, -0.2) is 44.0 Å². The van der Waals surface area contributed by atoms with Crippen LogP contribution < -0.4 is 5.22 Å². The molecular weight excluding hydrogens is 448 g/mol. The minimum atomic E-state index is -5.30. The quantitative estimate of drug-likeness (QED) is 0.399. The highest BCUT2D eigenvalue weighted by molar-refractivity contribution is 7.95. The van der Waals surface area contributed by atoms with Crippen molar-refractivity contribution in [2.45, 2.75) is 16.2 Å². The number of rotatable bonds is 3. The van der Waals surface area contributed by atoms with Crippen LogP contribution in [0.25, 0.3) is 26.5 Å². The topological polar surface area (TPSA) is 183 Å². The average Bonchev–Trinajstić information content (AvgIpc) is 2.57. The summed E-state index contributed by atoms with van der Waals surface area (Å²) in [5, 5.41) is 10.7. The van der Waals surface area contributed by atoms with Gasteiger partial charge in [0.15, 0.2) is 0 Å². The van der Waals surface area contributed by atoms with E-state index in [-0.39, 0.29) is 21.4 Å². The fourth-order valence-corrected chi connectivity index (χ4v) is 6.17. The lowest BCUT2D eigenvalue weighted by molar-refractivity contribution is 0.118. The van der Waals surface area contributed by atoms with Gasteiger partial charge in [-0.1, -0.05) is 30.3 Å². The molecule has 0 amide bonds. The summed E-state index contributed by atoms with van der Waals surface area (Å²) >= 11 is 0. The van der Waals surface area contributed by atoms with Crippen molar-refractivity contribution in [3.63, 3.8) is 0 Å². The Morgan fingerprint density at radius 2 is 1.38 bits per heavy atom. The second-order valence-corrected chi connectivity index (χ2v) is 11.1. The molecule has 1 aliphatic rings. The van der Waals surface area contributed by atoms with Gasteiger partial charge in [-0.2, -0.15) is 25.3 Å². The zero-order valence-corrected chi connectivity index (χ0v) is 16.6. The van der Waals surface area contributed by atoms with Crippen molar-refractivity contribution in [1.29, 1.82) is 0 Å². The van der Waals surface area contributed by atoms with Gasteiger partial charge in [0.05, 0.1) is 4.91 Å². The van der Waals surface area contributed by atoms with E-state index < -0.39 is 57.1 Å². The normalized spacial score (nSPS) is 20.5. The maximum Gasteiger partial charge on any atom is 0.299 e. The molecule has 10 nitrogen and oxygen atoms in total. The molecule has 0 heterocycles. The summed E-state index contributed by atoms with van der Waals surface area (Å²) < 4.78 is 100.0. The summed E-state index contributed by atoms with van der Waals surface area (Å²) in [6.07, 6.45) is -1.16. The zero-order valence-electron chi connectivity index (χ0n) is 14.1. The SMILES string of the molecule is O=S(=O)(O)C1=c2ccc3c(S(=O)(=O)O)ccc4ccc(c2c43)C(O)(S(=O)(=O)O)C1. The molecule has 4 N–H and O–H groups in total. The van der Waals surface area contributed by atoms with E-state index in [0.29, 0.717) is 5.39 Å². The van der Waals surface area contributed by atoms with E-state index in [1.54, 1.807) is 0 Å². The lowest BCUT2D eigenvalue weighted by Crippen LogP contribution is -2.41. The Morgan fingerprint density at radius 1 is 0.759 bits per heavy atom. The Kier molecular flexibility index (Phi) is 3.98. The lowest BCUT2D eigenvalue weighted by atomic mass is 9.88. The predicted molar refractivity (Wildman–Crippen MR) is 102 cm³/mol. The summed E-state index contributed by atoms with van der Waals surface area (Å²) in [5.74, 6) is 0. The zero-order chi connectivity index (χ0) is 21.6. The number of benzene rings is 3. The van der Waals surface area contributed by atoms with Gasteiger partial charge in [-0.25, -0.2) is 0 Å². The first-order valence-corrected chi connectivity index (χ1v) is 12.1. The van der Waals surface area contributed by atoms with Crippen LogP contribution in [-0.2, 0) is 35.3 Å². The maximum atomic E-state index is 12.0. The van der Waals surface area contributed by atoms with E-state index in [0.717, 1.165) is 18.2 Å². The van der Waals surface area contributed by atoms with Crippen molar-refractivity contribution in [3.05, 3.63) is 47.2 Å². The van der Waals surface area contributed by atoms with Gasteiger partial charge < -0.3 is 5.11 Å². The van der Waals surface area contributed by atoms with Crippen molar-refractivity contribution in [3.8, 4) is 0 Å². The van der Waals surface area contributed by atoms with Gasteiger partial charge in [0, 0.05) is 17.4 Å². The fourth-order valence-electron chi connectivity index (χ4n) is 3.77. The highest BCUT2D eigenvalue weighted by Crippen LogP contribution is 2.43. The van der Waals surface area contributed by atoms with Crippen LogP contribution >= 0.6 is 0 Å². The van der Waals surface area contributed by atoms with Crippen molar-refractivity contribution in [1.82, 2.24) is 0 Å². The summed E-state index contributed by atoms with van der Waals surface area (Å²) in [6.45, 7) is 0. The molecule has 3 aromatic rings. The van der Waals surface area contributed by atoms with Gasteiger partial charge in [-0.15, -0.1) is 0 Å². The highest BCUT2D eigenvalue weighted by Gasteiger charge is 2.49. The van der Waals surface area contributed by atoms with Crippen LogP contribution in [0.1, 0.15) is 12.0 Å². The second-order valence-electron chi connectivity index (χ2n) is 6.62. The molecule has 0 fully saturated rings. The summed E-state index contributed by atoms with van der Waals surface area (Å²) in [5.41, 5.74) is -0.395. The van der Waals surface area contributed by atoms with Crippen LogP contribution in [0.3, 0.4) is 0 Å². The van der Waals surface area contributed by atoms with Gasteiger partial charge in [0.25, 0.3) is 30.4 Å². The maximum absolute atomic E-state index is 12.0. The van der Waals surface area contributed by atoms with Crippen LogP contribution in [0.2, 0.25) is 0 Å². The first kappa shape index (κ1) is 20.2. The Hall–Kier alpha value is -2.13. The second kappa shape index (κ2) is 5.72. The third-order valence-electron chi connectivity index (χ3n) is 5.01. The van der Waals surface area contributed by atoms with E-state index in [2.05, 4.69) is 0 Å². The Balaban J connectivity index is 2.41. The molecular formula is C16H12O10S3. The van der Waals surface area contributed by atoms with Gasteiger partial charge in [-0.3, -0.25) is 13.7 Å².